The van der Waals surface area contributed by atoms with Crippen molar-refractivity contribution in [1.82, 2.24) is 4.98 Å². The fourth-order valence-electron chi connectivity index (χ4n) is 1.85. The quantitative estimate of drug-likeness (QED) is 0.832. The van der Waals surface area contributed by atoms with Gasteiger partial charge in [-0.25, -0.2) is 4.98 Å². The molecule has 0 aliphatic heterocycles. The van der Waals surface area contributed by atoms with Gasteiger partial charge in [-0.3, -0.25) is 0 Å². The number of thiazole rings is 1. The molecule has 1 aromatic heterocycles. The SMILES string of the molecule is CC(C#N)OC(C)C(C)(C)c1nc2ccc(Cl)cc2s1. The van der Waals surface area contributed by atoms with Crippen LogP contribution in [-0.2, 0) is 10.2 Å². The Hall–Kier alpha value is -1.15. The van der Waals surface area contributed by atoms with Gasteiger partial charge in [0.2, 0.25) is 0 Å². The van der Waals surface area contributed by atoms with Gasteiger partial charge in [0, 0.05) is 10.4 Å². The average Bonchev–Trinajstić information content (AvgIpc) is 2.81. The molecule has 3 nitrogen and oxygen atoms in total. The summed E-state index contributed by atoms with van der Waals surface area (Å²) in [7, 11) is 0. The highest BCUT2D eigenvalue weighted by atomic mass is 35.5. The molecule has 0 bridgehead atoms. The summed E-state index contributed by atoms with van der Waals surface area (Å²) in [6.07, 6.45) is -0.527. The maximum Gasteiger partial charge on any atom is 0.141 e. The van der Waals surface area contributed by atoms with Gasteiger partial charge in [0.05, 0.1) is 22.4 Å². The van der Waals surface area contributed by atoms with E-state index in [2.05, 4.69) is 24.9 Å². The number of benzene rings is 1. The van der Waals surface area contributed by atoms with Crippen LogP contribution in [0.15, 0.2) is 18.2 Å². The van der Waals surface area contributed by atoms with Crippen LogP contribution < -0.4 is 0 Å². The number of aromatic nitrogens is 1. The van der Waals surface area contributed by atoms with Crippen molar-refractivity contribution in [3.8, 4) is 6.07 Å². The highest BCUT2D eigenvalue weighted by Gasteiger charge is 2.33. The Kier molecular flexibility index (Phi) is 4.33. The van der Waals surface area contributed by atoms with Gasteiger partial charge >= 0.3 is 0 Å². The second-order valence-corrected chi connectivity index (χ2v) is 6.87. The van der Waals surface area contributed by atoms with Crippen LogP contribution in [0.25, 0.3) is 10.2 Å². The van der Waals surface area contributed by atoms with E-state index in [0.717, 1.165) is 15.2 Å². The van der Waals surface area contributed by atoms with Crippen molar-refractivity contribution in [2.24, 2.45) is 0 Å². The first-order valence-corrected chi connectivity index (χ1v) is 7.65. The molecule has 2 unspecified atom stereocenters. The number of hydrogen-bond acceptors (Lipinski definition) is 4. The zero-order chi connectivity index (χ0) is 14.9. The Morgan fingerprint density at radius 2 is 2.10 bits per heavy atom. The van der Waals surface area contributed by atoms with Gasteiger partial charge in [-0.15, -0.1) is 11.3 Å². The summed E-state index contributed by atoms with van der Waals surface area (Å²) in [5.41, 5.74) is 0.685. The molecular formula is C15H17ClN2OS. The molecule has 1 aromatic carbocycles. The predicted molar refractivity (Wildman–Crippen MR) is 83.3 cm³/mol. The molecule has 0 spiro atoms. The van der Waals surface area contributed by atoms with E-state index in [9.17, 15) is 0 Å². The van der Waals surface area contributed by atoms with E-state index >= 15 is 0 Å². The third kappa shape index (κ3) is 2.95. The zero-order valence-electron chi connectivity index (χ0n) is 12.0. The van der Waals surface area contributed by atoms with Gasteiger partial charge in [0.1, 0.15) is 11.1 Å². The third-order valence-electron chi connectivity index (χ3n) is 3.51. The number of hydrogen-bond donors (Lipinski definition) is 0. The normalized spacial score (nSPS) is 15.0. The fourth-order valence-corrected chi connectivity index (χ4v) is 3.28. The third-order valence-corrected chi connectivity index (χ3v) is 5.10. The van der Waals surface area contributed by atoms with Crippen LogP contribution in [0.1, 0.15) is 32.7 Å². The summed E-state index contributed by atoms with van der Waals surface area (Å²) in [6.45, 7) is 7.90. The first kappa shape index (κ1) is 15.2. The smallest absolute Gasteiger partial charge is 0.141 e. The summed E-state index contributed by atoms with van der Waals surface area (Å²) >= 11 is 7.63. The average molecular weight is 309 g/mol. The molecule has 0 N–H and O–H groups in total. The molecule has 0 amide bonds. The first-order chi connectivity index (χ1) is 9.34. The van der Waals surface area contributed by atoms with E-state index in [4.69, 9.17) is 21.6 Å². The Bertz CT molecular complexity index is 659. The Morgan fingerprint density at radius 1 is 1.40 bits per heavy atom. The highest BCUT2D eigenvalue weighted by molar-refractivity contribution is 7.18. The van der Waals surface area contributed by atoms with Crippen molar-refractivity contribution < 1.29 is 4.74 Å². The molecule has 20 heavy (non-hydrogen) atoms. The van der Waals surface area contributed by atoms with Crippen LogP contribution in [0.4, 0.5) is 0 Å². The van der Waals surface area contributed by atoms with Crippen LogP contribution in [0.2, 0.25) is 5.02 Å². The summed E-state index contributed by atoms with van der Waals surface area (Å²) in [4.78, 5) is 4.68. The lowest BCUT2D eigenvalue weighted by Gasteiger charge is -2.30. The van der Waals surface area contributed by atoms with Gasteiger partial charge < -0.3 is 4.74 Å². The number of nitrogens with zero attached hydrogens (tertiary/aromatic N) is 2. The number of fused-ring (bicyclic) bond motifs is 1. The van der Waals surface area contributed by atoms with E-state index in [1.165, 1.54) is 0 Å². The lowest BCUT2D eigenvalue weighted by atomic mass is 9.88. The molecule has 5 heteroatoms. The van der Waals surface area contributed by atoms with Crippen molar-refractivity contribution in [3.05, 3.63) is 28.2 Å². The number of rotatable bonds is 4. The molecular weight excluding hydrogens is 292 g/mol. The Morgan fingerprint density at radius 3 is 2.75 bits per heavy atom. The highest BCUT2D eigenvalue weighted by Crippen LogP contribution is 2.36. The Balaban J connectivity index is 2.33. The maximum absolute atomic E-state index is 8.86. The van der Waals surface area contributed by atoms with Crippen molar-refractivity contribution in [1.29, 1.82) is 5.26 Å². The molecule has 2 rings (SSSR count). The van der Waals surface area contributed by atoms with Crippen LogP contribution in [0.3, 0.4) is 0 Å². The van der Waals surface area contributed by atoms with E-state index in [-0.39, 0.29) is 11.5 Å². The van der Waals surface area contributed by atoms with Gasteiger partial charge in [0.15, 0.2) is 0 Å². The van der Waals surface area contributed by atoms with Gasteiger partial charge in [-0.2, -0.15) is 5.26 Å². The Labute approximate surface area is 128 Å². The molecule has 106 valence electrons. The largest absolute Gasteiger partial charge is 0.360 e. The van der Waals surface area contributed by atoms with Crippen LogP contribution in [0, 0.1) is 11.3 Å². The van der Waals surface area contributed by atoms with Crippen LogP contribution in [0.5, 0.6) is 0 Å². The minimum atomic E-state index is -0.423. The summed E-state index contributed by atoms with van der Waals surface area (Å²) in [5, 5.41) is 10.6. The van der Waals surface area contributed by atoms with Gasteiger partial charge in [-0.05, 0) is 32.0 Å². The van der Waals surface area contributed by atoms with Crippen molar-refractivity contribution in [3.63, 3.8) is 0 Å². The molecule has 2 aromatic rings. The maximum atomic E-state index is 8.86. The first-order valence-electron chi connectivity index (χ1n) is 6.46. The molecule has 0 aliphatic carbocycles. The molecule has 0 aliphatic rings. The molecule has 0 saturated heterocycles. The second-order valence-electron chi connectivity index (χ2n) is 5.40. The van der Waals surface area contributed by atoms with E-state index in [1.54, 1.807) is 18.3 Å². The van der Waals surface area contributed by atoms with Crippen LogP contribution >= 0.6 is 22.9 Å². The summed E-state index contributed by atoms with van der Waals surface area (Å²) in [6, 6.07) is 7.80. The summed E-state index contributed by atoms with van der Waals surface area (Å²) in [5.74, 6) is 0. The van der Waals surface area contributed by atoms with Crippen LogP contribution in [-0.4, -0.2) is 17.2 Å². The zero-order valence-corrected chi connectivity index (χ0v) is 13.5. The summed E-state index contributed by atoms with van der Waals surface area (Å²) < 4.78 is 6.79. The number of ether oxygens (including phenoxy) is 1. The van der Waals surface area contributed by atoms with E-state index < -0.39 is 6.10 Å². The number of nitriles is 1. The van der Waals surface area contributed by atoms with E-state index in [1.807, 2.05) is 25.1 Å². The topological polar surface area (TPSA) is 45.9 Å². The number of halogens is 1. The second kappa shape index (κ2) is 5.69. The predicted octanol–water partition coefficient (Wildman–Crippen LogP) is 4.54. The van der Waals surface area contributed by atoms with Crippen molar-refractivity contribution >= 4 is 33.2 Å². The van der Waals surface area contributed by atoms with Gasteiger partial charge in [0.25, 0.3) is 0 Å². The monoisotopic (exact) mass is 308 g/mol. The lowest BCUT2D eigenvalue weighted by Crippen LogP contribution is -2.35. The van der Waals surface area contributed by atoms with Crippen molar-refractivity contribution in [2.45, 2.75) is 45.3 Å². The minimum Gasteiger partial charge on any atom is -0.360 e. The standard InChI is InChI=1S/C15H17ClN2OS/c1-9(8-17)19-10(2)15(3,4)14-18-12-6-5-11(16)7-13(12)20-14/h5-7,9-10H,1-4H3. The molecule has 1 heterocycles. The minimum absolute atomic E-state index is 0.104. The molecule has 0 radical (unpaired) electrons. The van der Waals surface area contributed by atoms with Crippen molar-refractivity contribution in [2.75, 3.05) is 0 Å². The van der Waals surface area contributed by atoms with E-state index in [0.29, 0.717) is 5.02 Å². The van der Waals surface area contributed by atoms with Gasteiger partial charge in [-0.1, -0.05) is 25.4 Å². The molecule has 2 atom stereocenters. The fraction of sp³-hybridized carbons (Fsp3) is 0.467. The molecule has 0 fully saturated rings. The lowest BCUT2D eigenvalue weighted by molar-refractivity contribution is -0.00352. The molecule has 0 saturated carbocycles.